The molecule has 2 aromatic heterocycles. The minimum Gasteiger partial charge on any atom is -0.308 e. The summed E-state index contributed by atoms with van der Waals surface area (Å²) >= 11 is 0. The molecule has 0 fully saturated rings. The first-order valence-corrected chi connectivity index (χ1v) is 22.6. The maximum Gasteiger partial charge on any atom is 0.420 e. The third-order valence-corrected chi connectivity index (χ3v) is 13.4. The van der Waals surface area contributed by atoms with Crippen LogP contribution in [-0.2, 0) is 6.18 Å². The molecule has 8 aromatic carbocycles. The third-order valence-electron chi connectivity index (χ3n) is 13.4. The SMILES string of the molecule is Fc1ccc(-c2cc(-n3c4cc(-c5ccccc5)ccc4c4ccc(-c5ccccc5)cc43)c(C(F)(F)F)c(-n3c4cc(=C5C=CC=CC5)ccc4c4ccc(=C5C=CC=CC5)cc43)c2)c(F)c1. The van der Waals surface area contributed by atoms with Gasteiger partial charge in [0, 0.05) is 33.2 Å². The predicted octanol–water partition coefficient (Wildman–Crippen LogP) is 15.5. The summed E-state index contributed by atoms with van der Waals surface area (Å²) in [5.41, 5.74) is 6.48. The third kappa shape index (κ3) is 7.01. The van der Waals surface area contributed by atoms with Crippen molar-refractivity contribution in [3.05, 3.63) is 240 Å². The van der Waals surface area contributed by atoms with Gasteiger partial charge in [0.1, 0.15) is 17.2 Å². The van der Waals surface area contributed by atoms with Crippen LogP contribution >= 0.6 is 0 Å². The van der Waals surface area contributed by atoms with Gasteiger partial charge in [0.05, 0.1) is 33.4 Å². The highest BCUT2D eigenvalue weighted by Gasteiger charge is 2.40. The number of hydrogen-bond donors (Lipinski definition) is 0. The lowest BCUT2D eigenvalue weighted by Gasteiger charge is -2.23. The van der Waals surface area contributed by atoms with Crippen LogP contribution < -0.4 is 10.4 Å². The molecule has 0 amide bonds. The zero-order valence-electron chi connectivity index (χ0n) is 36.4. The van der Waals surface area contributed by atoms with Gasteiger partial charge in [-0.2, -0.15) is 13.2 Å². The van der Waals surface area contributed by atoms with Crippen LogP contribution in [0.15, 0.2) is 212 Å². The van der Waals surface area contributed by atoms with Crippen molar-refractivity contribution < 1.29 is 22.0 Å². The molecule has 0 N–H and O–H groups in total. The van der Waals surface area contributed by atoms with E-state index < -0.39 is 23.4 Å². The summed E-state index contributed by atoms with van der Waals surface area (Å²) in [5, 5.41) is 4.76. The van der Waals surface area contributed by atoms with E-state index in [1.807, 2.05) is 170 Å². The van der Waals surface area contributed by atoms with E-state index in [1.54, 1.807) is 9.13 Å². The highest BCUT2D eigenvalue weighted by atomic mass is 19.4. The van der Waals surface area contributed by atoms with Crippen molar-refractivity contribution in [2.24, 2.45) is 0 Å². The van der Waals surface area contributed by atoms with Crippen molar-refractivity contribution in [2.75, 3.05) is 0 Å². The number of rotatable bonds is 5. The van der Waals surface area contributed by atoms with Crippen LogP contribution in [0.1, 0.15) is 18.4 Å². The number of halogens is 5. The van der Waals surface area contributed by atoms with Gasteiger partial charge in [-0.1, -0.05) is 158 Å². The lowest BCUT2D eigenvalue weighted by Crippen LogP contribution is -2.17. The van der Waals surface area contributed by atoms with Crippen LogP contribution in [0.2, 0.25) is 0 Å². The maximum absolute atomic E-state index is 17.0. The van der Waals surface area contributed by atoms with E-state index in [9.17, 15) is 4.39 Å². The molecule has 0 saturated carbocycles. The topological polar surface area (TPSA) is 9.86 Å². The van der Waals surface area contributed by atoms with Crippen LogP contribution in [-0.4, -0.2) is 9.13 Å². The second kappa shape index (κ2) is 16.2. The molecular weight excluding hydrogens is 856 g/mol. The fourth-order valence-corrected chi connectivity index (χ4v) is 10.2. The van der Waals surface area contributed by atoms with Gasteiger partial charge in [-0.3, -0.25) is 0 Å². The lowest BCUT2D eigenvalue weighted by atomic mass is 9.98. The molecule has 0 atom stereocenters. The van der Waals surface area contributed by atoms with Crippen LogP contribution in [0, 0.1) is 11.6 Å². The van der Waals surface area contributed by atoms with E-state index in [4.69, 9.17) is 0 Å². The van der Waals surface area contributed by atoms with E-state index in [0.717, 1.165) is 77.5 Å². The minimum atomic E-state index is -4.96. The summed E-state index contributed by atoms with van der Waals surface area (Å²) in [6.07, 6.45) is 12.4. The standard InChI is InChI=1S/C61H39F5N2/c62-47-25-30-48(53(63)37-47)46-35-58(67-54-31-42(38-13-5-1-6-14-38)21-26-49(54)50-27-22-43(32-55(50)67)39-15-7-2-8-16-39)60(61(64,65)66)59(36-46)68-56-33-44(40-17-9-3-10-18-40)23-28-51(56)52-29-24-45(34-57(52)68)41-19-11-4-12-20-41/h1-17,19,21-37H,18,20H2. The van der Waals surface area contributed by atoms with E-state index in [2.05, 4.69) is 12.2 Å². The summed E-state index contributed by atoms with van der Waals surface area (Å²) in [4.78, 5) is 0. The Morgan fingerprint density at radius 3 is 1.28 bits per heavy atom. The molecule has 2 nitrogen and oxygen atoms in total. The molecular formula is C61H39F5N2. The van der Waals surface area contributed by atoms with Crippen molar-refractivity contribution in [2.45, 2.75) is 19.0 Å². The molecule has 0 aliphatic heterocycles. The fraction of sp³-hybridized carbons (Fsp3) is 0.0492. The highest BCUT2D eigenvalue weighted by molar-refractivity contribution is 6.12. The molecule has 0 radical (unpaired) electrons. The van der Waals surface area contributed by atoms with Crippen LogP contribution in [0.4, 0.5) is 22.0 Å². The second-order valence-corrected chi connectivity index (χ2v) is 17.4. The Morgan fingerprint density at radius 1 is 0.397 bits per heavy atom. The van der Waals surface area contributed by atoms with Gasteiger partial charge in [-0.05, 0) is 111 Å². The number of allylic oxidation sites excluding steroid dienone is 8. The first-order chi connectivity index (χ1) is 33.2. The van der Waals surface area contributed by atoms with Gasteiger partial charge in [0.2, 0.25) is 0 Å². The summed E-state index contributed by atoms with van der Waals surface area (Å²) in [5.74, 6) is -1.69. The van der Waals surface area contributed by atoms with Crippen LogP contribution in [0.5, 0.6) is 0 Å². The molecule has 0 bridgehead atoms. The predicted molar refractivity (Wildman–Crippen MR) is 268 cm³/mol. The zero-order valence-corrected chi connectivity index (χ0v) is 36.4. The first kappa shape index (κ1) is 41.2. The van der Waals surface area contributed by atoms with Crippen molar-refractivity contribution in [3.8, 4) is 44.8 Å². The average molecular weight is 895 g/mol. The number of hydrogen-bond acceptors (Lipinski definition) is 0. The van der Waals surface area contributed by atoms with Crippen molar-refractivity contribution in [3.63, 3.8) is 0 Å². The van der Waals surface area contributed by atoms with E-state index in [-0.39, 0.29) is 22.5 Å². The quantitative estimate of drug-likeness (QED) is 0.152. The monoisotopic (exact) mass is 894 g/mol. The largest absolute Gasteiger partial charge is 0.420 e. The van der Waals surface area contributed by atoms with Gasteiger partial charge in [0.15, 0.2) is 0 Å². The maximum atomic E-state index is 17.0. The molecule has 68 heavy (non-hydrogen) atoms. The van der Waals surface area contributed by atoms with E-state index in [0.29, 0.717) is 34.9 Å². The number of fused-ring (bicyclic) bond motifs is 6. The molecule has 0 saturated heterocycles. The zero-order chi connectivity index (χ0) is 46.1. The molecule has 12 rings (SSSR count). The Balaban J connectivity index is 1.28. The summed E-state index contributed by atoms with van der Waals surface area (Å²) in [6.45, 7) is 0. The fourth-order valence-electron chi connectivity index (χ4n) is 10.2. The smallest absolute Gasteiger partial charge is 0.308 e. The summed E-state index contributed by atoms with van der Waals surface area (Å²) in [6, 6.07) is 49.2. The summed E-state index contributed by atoms with van der Waals surface area (Å²) < 4.78 is 85.4. The van der Waals surface area contributed by atoms with Gasteiger partial charge in [-0.15, -0.1) is 0 Å². The summed E-state index contributed by atoms with van der Waals surface area (Å²) in [7, 11) is 0. The first-order valence-electron chi connectivity index (χ1n) is 22.6. The number of benzene rings is 8. The molecule has 2 aliphatic rings. The van der Waals surface area contributed by atoms with Crippen LogP contribution in [0.3, 0.4) is 0 Å². The Kier molecular flexibility index (Phi) is 9.83. The Morgan fingerprint density at radius 2 is 0.853 bits per heavy atom. The minimum absolute atomic E-state index is 0.0372. The van der Waals surface area contributed by atoms with Gasteiger partial charge < -0.3 is 9.13 Å². The van der Waals surface area contributed by atoms with Crippen LogP contribution in [0.25, 0.3) is 99.5 Å². The van der Waals surface area contributed by atoms with Crippen molar-refractivity contribution in [1.82, 2.24) is 9.13 Å². The van der Waals surface area contributed by atoms with E-state index >= 15 is 17.6 Å². The normalized spacial score (nSPS) is 15.4. The lowest BCUT2D eigenvalue weighted by molar-refractivity contribution is -0.137. The molecule has 0 spiro atoms. The highest BCUT2D eigenvalue weighted by Crippen LogP contribution is 2.47. The number of nitrogens with zero attached hydrogens (tertiary/aromatic N) is 2. The van der Waals surface area contributed by atoms with Crippen molar-refractivity contribution >= 4 is 54.8 Å². The number of aromatic nitrogens is 2. The van der Waals surface area contributed by atoms with Gasteiger partial charge in [0.25, 0.3) is 0 Å². The van der Waals surface area contributed by atoms with Crippen molar-refractivity contribution in [1.29, 1.82) is 0 Å². The van der Waals surface area contributed by atoms with Gasteiger partial charge >= 0.3 is 6.18 Å². The molecule has 0 unspecified atom stereocenters. The Labute approximate surface area is 388 Å². The number of alkyl halides is 3. The molecule has 2 aliphatic carbocycles. The molecule has 328 valence electrons. The molecule has 2 heterocycles. The second-order valence-electron chi connectivity index (χ2n) is 17.4. The molecule has 7 heteroatoms. The average Bonchev–Trinajstić information content (AvgIpc) is 3.88. The Hall–Kier alpha value is -8.29. The Bertz CT molecular complexity index is 3760. The van der Waals surface area contributed by atoms with Gasteiger partial charge in [-0.25, -0.2) is 8.78 Å². The molecule has 10 aromatic rings. The van der Waals surface area contributed by atoms with E-state index in [1.165, 1.54) is 18.2 Å².